The molecule has 0 aliphatic rings. The predicted molar refractivity (Wildman–Crippen MR) is 138 cm³/mol. The van der Waals surface area contributed by atoms with E-state index in [1.807, 2.05) is 54.6 Å². The van der Waals surface area contributed by atoms with Crippen LogP contribution in [0.5, 0.6) is 0 Å². The molecule has 0 saturated carbocycles. The van der Waals surface area contributed by atoms with Gasteiger partial charge in [0.15, 0.2) is 0 Å². The van der Waals surface area contributed by atoms with Crippen LogP contribution < -0.4 is 16.4 Å². The van der Waals surface area contributed by atoms with Crippen molar-refractivity contribution < 1.29 is 9.59 Å². The van der Waals surface area contributed by atoms with Crippen LogP contribution in [0.15, 0.2) is 65.7 Å². The van der Waals surface area contributed by atoms with Crippen molar-refractivity contribution in [2.24, 2.45) is 0 Å². The summed E-state index contributed by atoms with van der Waals surface area (Å²) < 4.78 is 0. The fourth-order valence-electron chi connectivity index (χ4n) is 2.96. The highest BCUT2D eigenvalue weighted by Gasteiger charge is 2.05. The molecule has 6 nitrogen and oxygen atoms in total. The smallest absolute Gasteiger partial charge is 0.230 e. The molecule has 1 heterocycles. The third-order valence-electron chi connectivity index (χ3n) is 4.54. The van der Waals surface area contributed by atoms with Crippen LogP contribution in [0.3, 0.4) is 0 Å². The Balaban J connectivity index is 0.00000256. The van der Waals surface area contributed by atoms with Crippen molar-refractivity contribution in [3.05, 3.63) is 60.8 Å². The molecule has 4 N–H and O–H groups in total. The van der Waals surface area contributed by atoms with Gasteiger partial charge in [0.1, 0.15) is 0 Å². The molecule has 0 atom stereocenters. The number of thioether (sulfide) groups is 1. The van der Waals surface area contributed by atoms with E-state index in [4.69, 9.17) is 5.73 Å². The second kappa shape index (κ2) is 14.6. The van der Waals surface area contributed by atoms with Gasteiger partial charge in [0.25, 0.3) is 0 Å². The number of carbonyl (C=O) groups excluding carboxylic acids is 2. The molecule has 0 aliphatic heterocycles. The molecule has 3 rings (SSSR count). The van der Waals surface area contributed by atoms with Gasteiger partial charge >= 0.3 is 0 Å². The first-order valence-corrected chi connectivity index (χ1v) is 11.0. The van der Waals surface area contributed by atoms with Crippen molar-refractivity contribution >= 4 is 70.7 Å². The Bertz CT molecular complexity index is 1000. The number of nitrogen functional groups attached to an aromatic ring is 1. The minimum atomic E-state index is 0. The third-order valence-corrected chi connectivity index (χ3v) is 5.55. The van der Waals surface area contributed by atoms with Crippen molar-refractivity contribution in [1.82, 2.24) is 10.3 Å². The Morgan fingerprint density at radius 1 is 0.938 bits per heavy atom. The standard InChI is InChI=1S/C23H26N4O2S.2ClH/c24-18-7-10-20(11-8-18)30-16-23(29)26-13-3-1-2-6-22(28)27-19-9-12-21-17(15-19)5-4-14-25-21;;/h4-5,7-12,14-15H,1-3,6,13,16,24H2,(H,26,29)(H,27,28);2*1H. The molecule has 3 aromatic rings. The maximum atomic E-state index is 12.1. The summed E-state index contributed by atoms with van der Waals surface area (Å²) in [5.74, 6) is 0.399. The molecule has 0 radical (unpaired) electrons. The number of amides is 2. The van der Waals surface area contributed by atoms with Crippen LogP contribution in [0.4, 0.5) is 11.4 Å². The van der Waals surface area contributed by atoms with Gasteiger partial charge in [0.2, 0.25) is 11.8 Å². The lowest BCUT2D eigenvalue weighted by Gasteiger charge is -2.07. The second-order valence-corrected chi connectivity index (χ2v) is 8.03. The van der Waals surface area contributed by atoms with Gasteiger partial charge in [-0.25, -0.2) is 0 Å². The van der Waals surface area contributed by atoms with Crippen LogP contribution in [-0.4, -0.2) is 29.1 Å². The summed E-state index contributed by atoms with van der Waals surface area (Å²) in [5, 5.41) is 6.85. The molecule has 2 amide bonds. The topological polar surface area (TPSA) is 97.1 Å². The maximum Gasteiger partial charge on any atom is 0.230 e. The highest BCUT2D eigenvalue weighted by Crippen LogP contribution is 2.19. The molecular weight excluding hydrogens is 467 g/mol. The first-order chi connectivity index (χ1) is 14.6. The summed E-state index contributed by atoms with van der Waals surface area (Å²) in [6.45, 7) is 0.625. The Morgan fingerprint density at radius 2 is 1.72 bits per heavy atom. The Kier molecular flexibility index (Phi) is 12.5. The number of anilines is 2. The number of nitrogens with one attached hydrogen (secondary N) is 2. The number of unbranched alkanes of at least 4 members (excludes halogenated alkanes) is 2. The Labute approximate surface area is 205 Å². The van der Waals surface area contributed by atoms with E-state index in [0.717, 1.165) is 40.7 Å². The summed E-state index contributed by atoms with van der Waals surface area (Å²) >= 11 is 1.49. The number of rotatable bonds is 10. The van der Waals surface area contributed by atoms with Gasteiger partial charge in [-0.05, 0) is 61.4 Å². The van der Waals surface area contributed by atoms with Crippen LogP contribution in [0.25, 0.3) is 10.9 Å². The molecule has 0 bridgehead atoms. The van der Waals surface area contributed by atoms with Gasteiger partial charge in [-0.2, -0.15) is 0 Å². The van der Waals surface area contributed by atoms with Crippen molar-refractivity contribution in [2.45, 2.75) is 30.6 Å². The van der Waals surface area contributed by atoms with Gasteiger partial charge in [-0.1, -0.05) is 12.5 Å². The van der Waals surface area contributed by atoms with Crippen LogP contribution in [-0.2, 0) is 9.59 Å². The van der Waals surface area contributed by atoms with Crippen LogP contribution in [0, 0.1) is 0 Å². The van der Waals surface area contributed by atoms with E-state index in [1.54, 1.807) is 6.20 Å². The maximum absolute atomic E-state index is 12.1. The normalized spacial score (nSPS) is 10.0. The molecule has 0 spiro atoms. The van der Waals surface area contributed by atoms with E-state index < -0.39 is 0 Å². The van der Waals surface area contributed by atoms with Crippen molar-refractivity contribution in [2.75, 3.05) is 23.3 Å². The fraction of sp³-hybridized carbons (Fsp3) is 0.261. The lowest BCUT2D eigenvalue weighted by Crippen LogP contribution is -2.26. The SMILES string of the molecule is Cl.Cl.Nc1ccc(SCC(=O)NCCCCCC(=O)Nc2ccc3ncccc3c2)cc1. The molecule has 0 aliphatic carbocycles. The second-order valence-electron chi connectivity index (χ2n) is 6.98. The summed E-state index contributed by atoms with van der Waals surface area (Å²) in [6.07, 6.45) is 4.75. The number of aromatic nitrogens is 1. The van der Waals surface area contributed by atoms with Crippen LogP contribution in [0.2, 0.25) is 0 Å². The lowest BCUT2D eigenvalue weighted by atomic mass is 10.1. The van der Waals surface area contributed by atoms with Crippen LogP contribution >= 0.6 is 36.6 Å². The molecule has 9 heteroatoms. The summed E-state index contributed by atoms with van der Waals surface area (Å²) in [5.41, 5.74) is 8.05. The van der Waals surface area contributed by atoms with Gasteiger partial charge < -0.3 is 16.4 Å². The largest absolute Gasteiger partial charge is 0.399 e. The molecule has 0 fully saturated rings. The molecule has 2 aromatic carbocycles. The van der Waals surface area contributed by atoms with Gasteiger partial charge in [0, 0.05) is 40.8 Å². The van der Waals surface area contributed by atoms with E-state index in [2.05, 4.69) is 15.6 Å². The number of hydrogen-bond donors (Lipinski definition) is 3. The third kappa shape index (κ3) is 9.34. The monoisotopic (exact) mass is 494 g/mol. The molecule has 32 heavy (non-hydrogen) atoms. The Morgan fingerprint density at radius 3 is 2.50 bits per heavy atom. The van der Waals surface area contributed by atoms with E-state index in [1.165, 1.54) is 11.8 Å². The average molecular weight is 495 g/mol. The quantitative estimate of drug-likeness (QED) is 0.207. The molecule has 0 saturated heterocycles. The highest BCUT2D eigenvalue weighted by molar-refractivity contribution is 8.00. The number of nitrogens with zero attached hydrogens (tertiary/aromatic N) is 1. The first kappa shape index (κ1) is 27.6. The first-order valence-electron chi connectivity index (χ1n) is 10.00. The average Bonchev–Trinajstić information content (AvgIpc) is 2.75. The van der Waals surface area contributed by atoms with E-state index in [9.17, 15) is 9.59 Å². The van der Waals surface area contributed by atoms with E-state index in [-0.39, 0.29) is 36.6 Å². The number of pyridine rings is 1. The summed E-state index contributed by atoms with van der Waals surface area (Å²) in [7, 11) is 0. The summed E-state index contributed by atoms with van der Waals surface area (Å²) in [6, 6.07) is 17.0. The summed E-state index contributed by atoms with van der Waals surface area (Å²) in [4.78, 5) is 29.3. The molecule has 1 aromatic heterocycles. The molecule has 0 unspecified atom stereocenters. The number of nitrogens with two attached hydrogens (primary N) is 1. The van der Waals surface area contributed by atoms with Crippen molar-refractivity contribution in [1.29, 1.82) is 0 Å². The van der Waals surface area contributed by atoms with Crippen molar-refractivity contribution in [3.8, 4) is 0 Å². The zero-order valence-electron chi connectivity index (χ0n) is 17.6. The van der Waals surface area contributed by atoms with Gasteiger partial charge in [0.05, 0.1) is 11.3 Å². The number of fused-ring (bicyclic) bond motifs is 1. The van der Waals surface area contributed by atoms with Gasteiger partial charge in [-0.15, -0.1) is 36.6 Å². The molecule has 172 valence electrons. The minimum absolute atomic E-state index is 0. The zero-order chi connectivity index (χ0) is 21.2. The predicted octanol–water partition coefficient (Wildman–Crippen LogP) is 5.07. The Hall–Kier alpha value is -2.48. The fourth-order valence-corrected chi connectivity index (χ4v) is 3.68. The number of halogens is 2. The number of benzene rings is 2. The lowest BCUT2D eigenvalue weighted by molar-refractivity contribution is -0.118. The molecular formula is C23H28Cl2N4O2S. The van der Waals surface area contributed by atoms with Crippen LogP contribution in [0.1, 0.15) is 25.7 Å². The highest BCUT2D eigenvalue weighted by atomic mass is 35.5. The minimum Gasteiger partial charge on any atom is -0.399 e. The van der Waals surface area contributed by atoms with Crippen molar-refractivity contribution in [3.63, 3.8) is 0 Å². The number of hydrogen-bond acceptors (Lipinski definition) is 5. The number of carbonyl (C=O) groups is 2. The zero-order valence-corrected chi connectivity index (χ0v) is 20.0. The van der Waals surface area contributed by atoms with Gasteiger partial charge in [-0.3, -0.25) is 14.6 Å². The van der Waals surface area contributed by atoms with E-state index in [0.29, 0.717) is 24.4 Å². The van der Waals surface area contributed by atoms with E-state index >= 15 is 0 Å².